The van der Waals surface area contributed by atoms with Crippen molar-refractivity contribution in [3.63, 3.8) is 0 Å². The van der Waals surface area contributed by atoms with E-state index in [1.807, 2.05) is 0 Å². The standard InChI is InChI=1S/C8H4FN3/c9-7-3-6(4-10)1-2-8(7)12-5-11/h1-3,12H. The van der Waals surface area contributed by atoms with Crippen LogP contribution in [0.5, 0.6) is 0 Å². The number of nitriles is 2. The molecule has 4 heteroatoms. The first-order valence-corrected chi connectivity index (χ1v) is 3.12. The first-order valence-electron chi connectivity index (χ1n) is 3.12. The zero-order chi connectivity index (χ0) is 8.97. The van der Waals surface area contributed by atoms with Crippen LogP contribution in [0.1, 0.15) is 5.56 Å². The summed E-state index contributed by atoms with van der Waals surface area (Å²) in [7, 11) is 0. The molecule has 0 bridgehead atoms. The maximum absolute atomic E-state index is 12.9. The fourth-order valence-corrected chi connectivity index (χ4v) is 0.746. The van der Waals surface area contributed by atoms with Gasteiger partial charge in [0, 0.05) is 0 Å². The molecule has 1 rings (SSSR count). The molecule has 0 aliphatic rings. The van der Waals surface area contributed by atoms with Crippen molar-refractivity contribution in [2.24, 2.45) is 0 Å². The normalized spacial score (nSPS) is 8.25. The number of hydrogen-bond donors (Lipinski definition) is 1. The lowest BCUT2D eigenvalue weighted by molar-refractivity contribution is 0.631. The van der Waals surface area contributed by atoms with Gasteiger partial charge in [0.15, 0.2) is 6.19 Å². The summed E-state index contributed by atoms with van der Waals surface area (Å²) in [5.41, 5.74) is 0.312. The summed E-state index contributed by atoms with van der Waals surface area (Å²) in [5.74, 6) is -0.601. The summed E-state index contributed by atoms with van der Waals surface area (Å²) in [4.78, 5) is 0. The van der Waals surface area contributed by atoms with Gasteiger partial charge in [0.05, 0.1) is 17.3 Å². The van der Waals surface area contributed by atoms with E-state index in [1.165, 1.54) is 12.1 Å². The molecule has 1 aromatic rings. The van der Waals surface area contributed by atoms with Crippen molar-refractivity contribution < 1.29 is 4.39 Å². The lowest BCUT2D eigenvalue weighted by Crippen LogP contribution is -1.91. The van der Waals surface area contributed by atoms with Crippen LogP contribution in [0.25, 0.3) is 0 Å². The van der Waals surface area contributed by atoms with E-state index in [0.717, 1.165) is 6.07 Å². The van der Waals surface area contributed by atoms with Gasteiger partial charge in [-0.3, -0.25) is 5.32 Å². The van der Waals surface area contributed by atoms with Crippen LogP contribution in [-0.2, 0) is 0 Å². The Morgan fingerprint density at radius 3 is 2.58 bits per heavy atom. The van der Waals surface area contributed by atoms with Gasteiger partial charge in [-0.05, 0) is 18.2 Å². The van der Waals surface area contributed by atoms with E-state index in [0.29, 0.717) is 0 Å². The van der Waals surface area contributed by atoms with Crippen LogP contribution < -0.4 is 5.32 Å². The van der Waals surface area contributed by atoms with Crippen molar-refractivity contribution in [1.82, 2.24) is 0 Å². The zero-order valence-electron chi connectivity index (χ0n) is 6.00. The molecule has 0 saturated carbocycles. The fourth-order valence-electron chi connectivity index (χ4n) is 0.746. The van der Waals surface area contributed by atoms with Gasteiger partial charge in [-0.1, -0.05) is 0 Å². The summed E-state index contributed by atoms with van der Waals surface area (Å²) >= 11 is 0. The molecular weight excluding hydrogens is 157 g/mol. The van der Waals surface area contributed by atoms with E-state index in [4.69, 9.17) is 10.5 Å². The number of nitrogens with zero attached hydrogens (tertiary/aromatic N) is 2. The highest BCUT2D eigenvalue weighted by molar-refractivity contribution is 5.50. The lowest BCUT2D eigenvalue weighted by Gasteiger charge is -1.97. The number of halogens is 1. The second-order valence-corrected chi connectivity index (χ2v) is 2.04. The van der Waals surface area contributed by atoms with Crippen molar-refractivity contribution in [1.29, 1.82) is 10.5 Å². The monoisotopic (exact) mass is 161 g/mol. The van der Waals surface area contributed by atoms with Crippen LogP contribution in [0.15, 0.2) is 18.2 Å². The Balaban J connectivity index is 3.07. The topological polar surface area (TPSA) is 59.6 Å². The minimum Gasteiger partial charge on any atom is -0.290 e. The van der Waals surface area contributed by atoms with E-state index in [2.05, 4.69) is 5.32 Å². The van der Waals surface area contributed by atoms with Crippen molar-refractivity contribution >= 4 is 5.69 Å². The van der Waals surface area contributed by atoms with Gasteiger partial charge >= 0.3 is 0 Å². The largest absolute Gasteiger partial charge is 0.290 e. The number of nitrogens with one attached hydrogen (secondary N) is 1. The maximum atomic E-state index is 12.9. The molecule has 0 atom stereocenters. The third-order valence-electron chi connectivity index (χ3n) is 1.29. The van der Waals surface area contributed by atoms with Crippen LogP contribution in [0.3, 0.4) is 0 Å². The Kier molecular flexibility index (Phi) is 2.25. The number of rotatable bonds is 1. The molecule has 0 aliphatic heterocycles. The van der Waals surface area contributed by atoms with Gasteiger partial charge in [0.1, 0.15) is 5.82 Å². The molecule has 0 amide bonds. The van der Waals surface area contributed by atoms with Crippen molar-refractivity contribution in [2.45, 2.75) is 0 Å². The maximum Gasteiger partial charge on any atom is 0.181 e. The molecule has 0 spiro atoms. The molecule has 0 unspecified atom stereocenters. The smallest absolute Gasteiger partial charge is 0.181 e. The minimum absolute atomic E-state index is 0.0801. The van der Waals surface area contributed by atoms with Crippen molar-refractivity contribution in [3.8, 4) is 12.3 Å². The van der Waals surface area contributed by atoms with Gasteiger partial charge in [0.25, 0.3) is 0 Å². The van der Waals surface area contributed by atoms with E-state index in [9.17, 15) is 4.39 Å². The summed E-state index contributed by atoms with van der Waals surface area (Å²) in [6.07, 6.45) is 1.59. The van der Waals surface area contributed by atoms with Gasteiger partial charge in [0.2, 0.25) is 0 Å². The van der Waals surface area contributed by atoms with Crippen LogP contribution in [0, 0.1) is 28.6 Å². The molecule has 0 saturated heterocycles. The second-order valence-electron chi connectivity index (χ2n) is 2.04. The first-order chi connectivity index (χ1) is 5.77. The highest BCUT2D eigenvalue weighted by Crippen LogP contribution is 2.14. The summed E-state index contributed by atoms with van der Waals surface area (Å²) in [6.45, 7) is 0. The van der Waals surface area contributed by atoms with E-state index < -0.39 is 5.82 Å². The Bertz CT molecular complexity index is 373. The SMILES string of the molecule is N#CNc1ccc(C#N)cc1F. The zero-order valence-corrected chi connectivity index (χ0v) is 6.00. The Hall–Kier alpha value is -2.07. The predicted octanol–water partition coefficient (Wildman–Crippen LogP) is 1.59. The Morgan fingerprint density at radius 1 is 1.33 bits per heavy atom. The average molecular weight is 161 g/mol. The molecule has 3 nitrogen and oxygen atoms in total. The number of anilines is 1. The number of hydrogen-bond acceptors (Lipinski definition) is 3. The van der Waals surface area contributed by atoms with Crippen LogP contribution in [0.2, 0.25) is 0 Å². The quantitative estimate of drug-likeness (QED) is 0.502. The molecule has 0 fully saturated rings. The van der Waals surface area contributed by atoms with Crippen LogP contribution in [0.4, 0.5) is 10.1 Å². The molecule has 0 heterocycles. The van der Waals surface area contributed by atoms with E-state index in [-0.39, 0.29) is 11.3 Å². The molecule has 0 aromatic heterocycles. The Morgan fingerprint density at radius 2 is 2.08 bits per heavy atom. The molecular formula is C8H4FN3. The van der Waals surface area contributed by atoms with E-state index >= 15 is 0 Å². The molecule has 1 aromatic carbocycles. The van der Waals surface area contributed by atoms with E-state index in [1.54, 1.807) is 12.3 Å². The highest BCUT2D eigenvalue weighted by Gasteiger charge is 2.01. The third-order valence-corrected chi connectivity index (χ3v) is 1.29. The summed E-state index contributed by atoms with van der Waals surface area (Å²) in [6, 6.07) is 5.63. The van der Waals surface area contributed by atoms with Crippen molar-refractivity contribution in [3.05, 3.63) is 29.6 Å². The molecule has 0 radical (unpaired) electrons. The van der Waals surface area contributed by atoms with Gasteiger partial charge in [-0.25, -0.2) is 4.39 Å². The molecule has 1 N–H and O–H groups in total. The fraction of sp³-hybridized carbons (Fsp3) is 0. The average Bonchev–Trinajstić information content (AvgIpc) is 2.09. The van der Waals surface area contributed by atoms with Crippen LogP contribution in [-0.4, -0.2) is 0 Å². The molecule has 12 heavy (non-hydrogen) atoms. The predicted molar refractivity (Wildman–Crippen MR) is 40.4 cm³/mol. The third kappa shape index (κ3) is 1.50. The number of benzene rings is 1. The summed E-state index contributed by atoms with van der Waals surface area (Å²) in [5, 5.41) is 18.7. The first kappa shape index (κ1) is 8.03. The second kappa shape index (κ2) is 3.36. The van der Waals surface area contributed by atoms with Gasteiger partial charge < -0.3 is 0 Å². The molecule has 58 valence electrons. The Labute approximate surface area is 68.7 Å². The summed E-state index contributed by atoms with van der Waals surface area (Å²) < 4.78 is 12.9. The van der Waals surface area contributed by atoms with Gasteiger partial charge in [-0.2, -0.15) is 10.5 Å². The van der Waals surface area contributed by atoms with Crippen molar-refractivity contribution in [2.75, 3.05) is 5.32 Å². The van der Waals surface area contributed by atoms with Crippen LogP contribution >= 0.6 is 0 Å². The molecule has 0 aliphatic carbocycles. The minimum atomic E-state index is -0.601. The lowest BCUT2D eigenvalue weighted by atomic mass is 10.2. The highest BCUT2D eigenvalue weighted by atomic mass is 19.1. The van der Waals surface area contributed by atoms with Gasteiger partial charge in [-0.15, -0.1) is 0 Å².